The standard InChI is InChI=1S/C14H26N2O3/c1-10-8-16(9-11(2)19-10)7-6-14(3,13(17)18)15-12-4-5-12/h10-12,15H,4-9H2,1-3H3,(H,17,18)/t10-,11+,14?. The largest absolute Gasteiger partial charge is 0.480 e. The summed E-state index contributed by atoms with van der Waals surface area (Å²) < 4.78 is 5.70. The Morgan fingerprint density at radius 2 is 1.95 bits per heavy atom. The number of nitrogens with zero attached hydrogens (tertiary/aromatic N) is 1. The summed E-state index contributed by atoms with van der Waals surface area (Å²) in [5.74, 6) is -0.742. The summed E-state index contributed by atoms with van der Waals surface area (Å²) in [7, 11) is 0. The topological polar surface area (TPSA) is 61.8 Å². The summed E-state index contributed by atoms with van der Waals surface area (Å²) in [4.78, 5) is 13.8. The van der Waals surface area contributed by atoms with Crippen molar-refractivity contribution in [3.8, 4) is 0 Å². The number of carboxylic acid groups (broad SMARTS) is 1. The van der Waals surface area contributed by atoms with Crippen LogP contribution in [0.3, 0.4) is 0 Å². The molecule has 0 bridgehead atoms. The van der Waals surface area contributed by atoms with Gasteiger partial charge in [0.05, 0.1) is 12.2 Å². The highest BCUT2D eigenvalue weighted by atomic mass is 16.5. The van der Waals surface area contributed by atoms with Crippen LogP contribution >= 0.6 is 0 Å². The Labute approximate surface area is 115 Å². The molecule has 5 heteroatoms. The van der Waals surface area contributed by atoms with Crippen molar-refractivity contribution in [1.29, 1.82) is 0 Å². The third-order valence-corrected chi connectivity index (χ3v) is 4.00. The minimum Gasteiger partial charge on any atom is -0.480 e. The maximum absolute atomic E-state index is 11.5. The normalized spacial score (nSPS) is 31.9. The monoisotopic (exact) mass is 270 g/mol. The van der Waals surface area contributed by atoms with E-state index in [1.165, 1.54) is 0 Å². The van der Waals surface area contributed by atoms with Crippen LogP contribution in [-0.2, 0) is 9.53 Å². The molecule has 0 aromatic rings. The zero-order valence-electron chi connectivity index (χ0n) is 12.2. The van der Waals surface area contributed by atoms with Crippen LogP contribution in [-0.4, -0.2) is 59.4 Å². The Kier molecular flexibility index (Phi) is 4.48. The molecule has 19 heavy (non-hydrogen) atoms. The summed E-state index contributed by atoms with van der Waals surface area (Å²) in [6, 6.07) is 0.406. The number of hydrogen-bond donors (Lipinski definition) is 2. The molecule has 2 fully saturated rings. The molecule has 110 valence electrons. The van der Waals surface area contributed by atoms with E-state index in [-0.39, 0.29) is 12.2 Å². The van der Waals surface area contributed by atoms with Gasteiger partial charge in [0.1, 0.15) is 5.54 Å². The Bertz CT molecular complexity index is 323. The fourth-order valence-corrected chi connectivity index (χ4v) is 2.77. The highest BCUT2D eigenvalue weighted by molar-refractivity contribution is 5.78. The molecule has 2 rings (SSSR count). The molecule has 0 amide bonds. The first kappa shape index (κ1) is 14.8. The van der Waals surface area contributed by atoms with E-state index in [1.807, 2.05) is 0 Å². The van der Waals surface area contributed by atoms with Gasteiger partial charge in [-0.3, -0.25) is 15.0 Å². The number of aliphatic carboxylic acids is 1. The lowest BCUT2D eigenvalue weighted by molar-refractivity contribution is -0.145. The van der Waals surface area contributed by atoms with Gasteiger partial charge in [-0.15, -0.1) is 0 Å². The first-order valence-electron chi connectivity index (χ1n) is 7.28. The first-order chi connectivity index (χ1) is 8.89. The molecule has 1 aliphatic heterocycles. The van der Waals surface area contributed by atoms with Crippen molar-refractivity contribution in [1.82, 2.24) is 10.2 Å². The van der Waals surface area contributed by atoms with E-state index in [1.54, 1.807) is 6.92 Å². The third-order valence-electron chi connectivity index (χ3n) is 4.00. The van der Waals surface area contributed by atoms with E-state index in [0.29, 0.717) is 12.5 Å². The number of nitrogens with one attached hydrogen (secondary N) is 1. The zero-order valence-corrected chi connectivity index (χ0v) is 12.2. The highest BCUT2D eigenvalue weighted by Gasteiger charge is 2.38. The van der Waals surface area contributed by atoms with Crippen molar-refractivity contribution in [2.24, 2.45) is 0 Å². The number of carbonyl (C=O) groups is 1. The molecule has 1 heterocycles. The van der Waals surface area contributed by atoms with Gasteiger partial charge in [-0.2, -0.15) is 0 Å². The second-order valence-corrected chi connectivity index (χ2v) is 6.32. The summed E-state index contributed by atoms with van der Waals surface area (Å²) in [5.41, 5.74) is -0.800. The second-order valence-electron chi connectivity index (χ2n) is 6.32. The summed E-state index contributed by atoms with van der Waals surface area (Å²) in [6.07, 6.45) is 3.31. The van der Waals surface area contributed by atoms with E-state index in [9.17, 15) is 9.90 Å². The van der Waals surface area contributed by atoms with Gasteiger partial charge < -0.3 is 9.84 Å². The summed E-state index contributed by atoms with van der Waals surface area (Å²) in [5, 5.41) is 12.7. The molecule has 1 saturated carbocycles. The van der Waals surface area contributed by atoms with Crippen LogP contribution in [0.5, 0.6) is 0 Å². The Balaban J connectivity index is 1.85. The Morgan fingerprint density at radius 3 is 2.42 bits per heavy atom. The molecule has 3 atom stereocenters. The lowest BCUT2D eigenvalue weighted by Crippen LogP contribution is -2.54. The average Bonchev–Trinajstić information content (AvgIpc) is 3.09. The molecule has 0 aromatic heterocycles. The highest BCUT2D eigenvalue weighted by Crippen LogP contribution is 2.25. The van der Waals surface area contributed by atoms with Crippen molar-refractivity contribution in [2.45, 2.75) is 63.8 Å². The third kappa shape index (κ3) is 4.16. The lowest BCUT2D eigenvalue weighted by Gasteiger charge is -2.37. The number of hydrogen-bond acceptors (Lipinski definition) is 4. The van der Waals surface area contributed by atoms with Crippen molar-refractivity contribution < 1.29 is 14.6 Å². The summed E-state index contributed by atoms with van der Waals surface area (Å²) in [6.45, 7) is 8.54. The van der Waals surface area contributed by atoms with E-state index >= 15 is 0 Å². The van der Waals surface area contributed by atoms with Crippen molar-refractivity contribution in [3.05, 3.63) is 0 Å². The van der Waals surface area contributed by atoms with Gasteiger partial charge in [0.15, 0.2) is 0 Å². The van der Waals surface area contributed by atoms with Crippen molar-refractivity contribution >= 4 is 5.97 Å². The molecule has 2 aliphatic rings. The van der Waals surface area contributed by atoms with E-state index in [2.05, 4.69) is 24.1 Å². The fraction of sp³-hybridized carbons (Fsp3) is 0.929. The van der Waals surface area contributed by atoms with Crippen LogP contribution < -0.4 is 5.32 Å². The SMILES string of the molecule is C[C@@H]1CN(CCC(C)(NC2CC2)C(=O)O)C[C@H](C)O1. The molecular weight excluding hydrogens is 244 g/mol. The quantitative estimate of drug-likeness (QED) is 0.756. The van der Waals surface area contributed by atoms with E-state index < -0.39 is 11.5 Å². The number of morpholine rings is 1. The van der Waals surface area contributed by atoms with Gasteiger partial charge in [0.2, 0.25) is 0 Å². The van der Waals surface area contributed by atoms with Crippen LogP contribution in [0, 0.1) is 0 Å². The predicted octanol–water partition coefficient (Wildman–Crippen LogP) is 1.08. The van der Waals surface area contributed by atoms with Crippen LogP contribution in [0.15, 0.2) is 0 Å². The molecule has 1 unspecified atom stereocenters. The van der Waals surface area contributed by atoms with Gasteiger partial charge in [-0.1, -0.05) is 0 Å². The van der Waals surface area contributed by atoms with Gasteiger partial charge in [0.25, 0.3) is 0 Å². The molecule has 1 aliphatic carbocycles. The molecular formula is C14H26N2O3. The number of rotatable bonds is 6. The van der Waals surface area contributed by atoms with Gasteiger partial charge in [0, 0.05) is 25.7 Å². The fourth-order valence-electron chi connectivity index (χ4n) is 2.77. The van der Waals surface area contributed by atoms with E-state index in [4.69, 9.17) is 4.74 Å². The van der Waals surface area contributed by atoms with Gasteiger partial charge >= 0.3 is 5.97 Å². The molecule has 5 nitrogen and oxygen atoms in total. The van der Waals surface area contributed by atoms with E-state index in [0.717, 1.165) is 32.5 Å². The molecule has 1 saturated heterocycles. The first-order valence-corrected chi connectivity index (χ1v) is 7.28. The molecule has 0 aromatic carbocycles. The zero-order chi connectivity index (χ0) is 14.0. The van der Waals surface area contributed by atoms with Gasteiger partial charge in [-0.25, -0.2) is 0 Å². The minimum atomic E-state index is -0.800. The average molecular weight is 270 g/mol. The van der Waals surface area contributed by atoms with Crippen LogP contribution in [0.25, 0.3) is 0 Å². The number of carboxylic acids is 1. The Hall–Kier alpha value is -0.650. The van der Waals surface area contributed by atoms with Crippen molar-refractivity contribution in [3.63, 3.8) is 0 Å². The molecule has 0 radical (unpaired) electrons. The number of ether oxygens (including phenoxy) is 1. The van der Waals surface area contributed by atoms with Crippen molar-refractivity contribution in [2.75, 3.05) is 19.6 Å². The summed E-state index contributed by atoms with van der Waals surface area (Å²) >= 11 is 0. The van der Waals surface area contributed by atoms with Crippen LogP contribution in [0.2, 0.25) is 0 Å². The second kappa shape index (κ2) is 5.77. The maximum atomic E-state index is 11.5. The molecule has 2 N–H and O–H groups in total. The van der Waals surface area contributed by atoms with Gasteiger partial charge in [-0.05, 0) is 40.0 Å². The molecule has 0 spiro atoms. The lowest BCUT2D eigenvalue weighted by atomic mass is 9.97. The minimum absolute atomic E-state index is 0.233. The Morgan fingerprint density at radius 1 is 1.37 bits per heavy atom. The predicted molar refractivity (Wildman–Crippen MR) is 73.3 cm³/mol. The smallest absolute Gasteiger partial charge is 0.323 e. The maximum Gasteiger partial charge on any atom is 0.323 e. The van der Waals surface area contributed by atoms with Crippen LogP contribution in [0.1, 0.15) is 40.0 Å². The van der Waals surface area contributed by atoms with Crippen LogP contribution in [0.4, 0.5) is 0 Å².